The molecule has 0 atom stereocenters. The Morgan fingerprint density at radius 3 is 2.50 bits per heavy atom. The van der Waals surface area contributed by atoms with E-state index in [4.69, 9.17) is 18.9 Å². The van der Waals surface area contributed by atoms with Crippen molar-refractivity contribution in [1.82, 2.24) is 5.32 Å². The number of anilines is 1. The Balaban J connectivity index is 0.00000450. The molecular weight excluding hydrogens is 497 g/mol. The van der Waals surface area contributed by atoms with Crippen molar-refractivity contribution < 1.29 is 18.9 Å². The minimum absolute atomic E-state index is 0. The minimum Gasteiger partial charge on any atom is -0.497 e. The number of aliphatic imine (C=N–C) groups is 1. The highest BCUT2D eigenvalue weighted by molar-refractivity contribution is 14.0. The van der Waals surface area contributed by atoms with Gasteiger partial charge in [-0.1, -0.05) is 6.07 Å². The third-order valence-corrected chi connectivity index (χ3v) is 4.26. The maximum atomic E-state index is 5.74. The van der Waals surface area contributed by atoms with E-state index in [1.807, 2.05) is 42.5 Å². The van der Waals surface area contributed by atoms with Gasteiger partial charge in [0.2, 0.25) is 0 Å². The van der Waals surface area contributed by atoms with Crippen LogP contribution in [0.15, 0.2) is 47.5 Å². The number of methoxy groups -OCH3 is 3. The largest absolute Gasteiger partial charge is 0.497 e. The number of ether oxygens (including phenoxy) is 4. The molecule has 0 spiro atoms. The van der Waals surface area contributed by atoms with Gasteiger partial charge < -0.3 is 29.6 Å². The summed E-state index contributed by atoms with van der Waals surface area (Å²) < 4.78 is 21.5. The van der Waals surface area contributed by atoms with Gasteiger partial charge in [0.15, 0.2) is 5.96 Å². The maximum Gasteiger partial charge on any atom is 0.195 e. The third kappa shape index (κ3) is 8.66. The van der Waals surface area contributed by atoms with Crippen molar-refractivity contribution in [2.75, 3.05) is 53.5 Å². The third-order valence-electron chi connectivity index (χ3n) is 4.26. The van der Waals surface area contributed by atoms with Crippen LogP contribution in [0.1, 0.15) is 12.0 Å². The number of rotatable bonds is 11. The second-order valence-corrected chi connectivity index (χ2v) is 6.27. The molecule has 0 bridgehead atoms. The van der Waals surface area contributed by atoms with Crippen molar-refractivity contribution in [1.29, 1.82) is 0 Å². The van der Waals surface area contributed by atoms with Gasteiger partial charge in [-0.25, -0.2) is 0 Å². The first-order chi connectivity index (χ1) is 14.2. The Morgan fingerprint density at radius 1 is 0.967 bits per heavy atom. The standard InChI is InChI=1S/C22H31N3O4.HI/c1-23-22(24-12-11-17-15-19(27-3)9-10-21(17)28-4)25-18-7-5-8-20(16-18)29-14-6-13-26-2;/h5,7-10,15-16H,6,11-14H2,1-4H3,(H2,23,24,25);1H. The van der Waals surface area contributed by atoms with Gasteiger partial charge in [0.25, 0.3) is 0 Å². The van der Waals surface area contributed by atoms with E-state index in [2.05, 4.69) is 15.6 Å². The minimum atomic E-state index is 0. The number of hydrogen-bond donors (Lipinski definition) is 2. The molecule has 0 aliphatic heterocycles. The highest BCUT2D eigenvalue weighted by Gasteiger charge is 2.06. The SMILES string of the molecule is CN=C(NCCc1cc(OC)ccc1OC)Nc1cccc(OCCCOC)c1.I. The van der Waals surface area contributed by atoms with E-state index in [-0.39, 0.29) is 24.0 Å². The van der Waals surface area contributed by atoms with Crippen LogP contribution in [0.2, 0.25) is 0 Å². The van der Waals surface area contributed by atoms with Crippen molar-refractivity contribution in [2.45, 2.75) is 12.8 Å². The zero-order chi connectivity index (χ0) is 20.9. The molecule has 30 heavy (non-hydrogen) atoms. The van der Waals surface area contributed by atoms with Gasteiger partial charge in [0.05, 0.1) is 20.8 Å². The van der Waals surface area contributed by atoms with Gasteiger partial charge in [-0.05, 0) is 42.3 Å². The molecule has 0 aromatic heterocycles. The summed E-state index contributed by atoms with van der Waals surface area (Å²) in [6, 6.07) is 13.6. The molecule has 0 amide bonds. The molecule has 8 heteroatoms. The second-order valence-electron chi connectivity index (χ2n) is 6.27. The van der Waals surface area contributed by atoms with Crippen molar-refractivity contribution in [3.8, 4) is 17.2 Å². The van der Waals surface area contributed by atoms with Crippen molar-refractivity contribution in [2.24, 2.45) is 4.99 Å². The predicted molar refractivity (Wildman–Crippen MR) is 132 cm³/mol. The quantitative estimate of drug-likeness (QED) is 0.199. The van der Waals surface area contributed by atoms with Crippen LogP contribution in [0.5, 0.6) is 17.2 Å². The molecule has 7 nitrogen and oxygen atoms in total. The Kier molecular flexibility index (Phi) is 12.7. The van der Waals surface area contributed by atoms with Crippen LogP contribution in [0.3, 0.4) is 0 Å². The summed E-state index contributed by atoms with van der Waals surface area (Å²) >= 11 is 0. The summed E-state index contributed by atoms with van der Waals surface area (Å²) in [5.41, 5.74) is 1.97. The number of benzene rings is 2. The van der Waals surface area contributed by atoms with Gasteiger partial charge in [0.1, 0.15) is 17.2 Å². The Labute approximate surface area is 196 Å². The van der Waals surface area contributed by atoms with E-state index in [0.717, 1.165) is 41.3 Å². The van der Waals surface area contributed by atoms with Crippen LogP contribution < -0.4 is 24.8 Å². The van der Waals surface area contributed by atoms with Gasteiger partial charge in [-0.15, -0.1) is 24.0 Å². The summed E-state index contributed by atoms with van der Waals surface area (Å²) in [7, 11) is 6.76. The molecule has 0 saturated heterocycles. The van der Waals surface area contributed by atoms with Crippen LogP contribution in [0, 0.1) is 0 Å². The molecule has 0 heterocycles. The lowest BCUT2D eigenvalue weighted by Crippen LogP contribution is -2.32. The molecule has 0 aliphatic carbocycles. The van der Waals surface area contributed by atoms with Gasteiger partial charge in [0, 0.05) is 45.5 Å². The van der Waals surface area contributed by atoms with Crippen molar-refractivity contribution in [3.63, 3.8) is 0 Å². The molecule has 2 aromatic rings. The topological polar surface area (TPSA) is 73.3 Å². The van der Waals surface area contributed by atoms with Gasteiger partial charge in [-0.2, -0.15) is 0 Å². The second kappa shape index (κ2) is 14.7. The van der Waals surface area contributed by atoms with E-state index in [0.29, 0.717) is 25.7 Å². The van der Waals surface area contributed by atoms with Crippen LogP contribution in [0.4, 0.5) is 5.69 Å². The van der Waals surface area contributed by atoms with E-state index in [1.54, 1.807) is 28.4 Å². The van der Waals surface area contributed by atoms with Gasteiger partial charge >= 0.3 is 0 Å². The monoisotopic (exact) mass is 529 g/mol. The lowest BCUT2D eigenvalue weighted by Gasteiger charge is -2.14. The number of halogens is 1. The summed E-state index contributed by atoms with van der Waals surface area (Å²) in [5, 5.41) is 6.61. The molecular formula is C22H32IN3O4. The smallest absolute Gasteiger partial charge is 0.195 e. The summed E-state index contributed by atoms with van der Waals surface area (Å²) in [6.07, 6.45) is 1.62. The highest BCUT2D eigenvalue weighted by atomic mass is 127. The Hall–Kier alpha value is -2.20. The molecule has 2 N–H and O–H groups in total. The van der Waals surface area contributed by atoms with Crippen LogP contribution >= 0.6 is 24.0 Å². The molecule has 166 valence electrons. The number of guanidine groups is 1. The molecule has 2 rings (SSSR count). The van der Waals surface area contributed by atoms with E-state index in [9.17, 15) is 0 Å². The first-order valence-corrected chi connectivity index (χ1v) is 9.60. The molecule has 0 radical (unpaired) electrons. The van der Waals surface area contributed by atoms with Crippen molar-refractivity contribution in [3.05, 3.63) is 48.0 Å². The fraction of sp³-hybridized carbons (Fsp3) is 0.409. The van der Waals surface area contributed by atoms with Gasteiger partial charge in [-0.3, -0.25) is 4.99 Å². The molecule has 0 fully saturated rings. The molecule has 0 aliphatic rings. The number of nitrogens with one attached hydrogen (secondary N) is 2. The van der Waals surface area contributed by atoms with Crippen LogP contribution in [-0.4, -0.2) is 54.1 Å². The summed E-state index contributed by atoms with van der Waals surface area (Å²) in [5.74, 6) is 3.14. The Bertz CT molecular complexity index is 787. The highest BCUT2D eigenvalue weighted by Crippen LogP contribution is 2.24. The summed E-state index contributed by atoms with van der Waals surface area (Å²) in [6.45, 7) is 2.00. The van der Waals surface area contributed by atoms with E-state index < -0.39 is 0 Å². The van der Waals surface area contributed by atoms with Crippen LogP contribution in [0.25, 0.3) is 0 Å². The van der Waals surface area contributed by atoms with E-state index in [1.165, 1.54) is 0 Å². The molecule has 2 aromatic carbocycles. The first-order valence-electron chi connectivity index (χ1n) is 9.60. The zero-order valence-electron chi connectivity index (χ0n) is 18.1. The average molecular weight is 529 g/mol. The van der Waals surface area contributed by atoms with Crippen LogP contribution in [-0.2, 0) is 11.2 Å². The fourth-order valence-corrected chi connectivity index (χ4v) is 2.77. The lowest BCUT2D eigenvalue weighted by molar-refractivity contribution is 0.172. The fourth-order valence-electron chi connectivity index (χ4n) is 2.77. The first kappa shape index (κ1) is 25.8. The zero-order valence-corrected chi connectivity index (χ0v) is 20.4. The Morgan fingerprint density at radius 2 is 1.80 bits per heavy atom. The number of hydrogen-bond acceptors (Lipinski definition) is 5. The maximum absolute atomic E-state index is 5.74. The normalized spacial score (nSPS) is 10.7. The lowest BCUT2D eigenvalue weighted by atomic mass is 10.1. The molecule has 0 unspecified atom stereocenters. The predicted octanol–water partition coefficient (Wildman–Crippen LogP) is 3.97. The average Bonchev–Trinajstić information content (AvgIpc) is 2.76. The number of nitrogens with zero attached hydrogens (tertiary/aromatic N) is 1. The molecule has 0 saturated carbocycles. The summed E-state index contributed by atoms with van der Waals surface area (Å²) in [4.78, 5) is 4.29. The van der Waals surface area contributed by atoms with Crippen molar-refractivity contribution >= 4 is 35.6 Å². The van der Waals surface area contributed by atoms with E-state index >= 15 is 0 Å².